The number of phosphoric acid groups is 1. The van der Waals surface area contributed by atoms with Crippen LogP contribution in [0.2, 0.25) is 0 Å². The summed E-state index contributed by atoms with van der Waals surface area (Å²) in [5.74, 6) is -0.955. The molecule has 0 fully saturated rings. The fourth-order valence-corrected chi connectivity index (χ4v) is 3.32. The van der Waals surface area contributed by atoms with E-state index < -0.39 is 19.8 Å². The average molecular weight is 434 g/mol. The standard InChI is InChI=1S/C20H35O8P/c1-4-7-8-9-16-26-29(23,27-17-12-10-14-24-19(21)5-2)28-18-13-11-15-25-20(22)6-3/h5-6H,2-4,7-18H2,1H3. The molecular weight excluding hydrogens is 399 g/mol. The van der Waals surface area contributed by atoms with Gasteiger partial charge >= 0.3 is 19.8 Å². The van der Waals surface area contributed by atoms with Gasteiger partial charge in [-0.1, -0.05) is 39.3 Å². The lowest BCUT2D eigenvalue weighted by atomic mass is 10.2. The van der Waals surface area contributed by atoms with Gasteiger partial charge in [-0.3, -0.25) is 13.6 Å². The van der Waals surface area contributed by atoms with Gasteiger partial charge in [-0.15, -0.1) is 0 Å². The largest absolute Gasteiger partial charge is 0.474 e. The topological polar surface area (TPSA) is 97.4 Å². The molecular formula is C20H35O8P. The van der Waals surface area contributed by atoms with Crippen LogP contribution in [0.5, 0.6) is 0 Å². The maximum absolute atomic E-state index is 12.8. The van der Waals surface area contributed by atoms with Crippen molar-refractivity contribution in [3.8, 4) is 0 Å². The second-order valence-corrected chi connectivity index (χ2v) is 7.83. The van der Waals surface area contributed by atoms with Gasteiger partial charge in [-0.25, -0.2) is 14.2 Å². The Morgan fingerprint density at radius 2 is 1.07 bits per heavy atom. The van der Waals surface area contributed by atoms with Gasteiger partial charge in [0, 0.05) is 12.2 Å². The Bertz CT molecular complexity index is 485. The molecule has 8 nitrogen and oxygen atoms in total. The Kier molecular flexibility index (Phi) is 17.6. The molecule has 0 radical (unpaired) electrons. The molecule has 0 bridgehead atoms. The van der Waals surface area contributed by atoms with E-state index >= 15 is 0 Å². The van der Waals surface area contributed by atoms with Crippen molar-refractivity contribution in [1.29, 1.82) is 0 Å². The highest BCUT2D eigenvalue weighted by atomic mass is 31.2. The lowest BCUT2D eigenvalue weighted by Crippen LogP contribution is -2.07. The Morgan fingerprint density at radius 3 is 1.45 bits per heavy atom. The van der Waals surface area contributed by atoms with E-state index in [-0.39, 0.29) is 26.4 Å². The van der Waals surface area contributed by atoms with Crippen LogP contribution in [0.15, 0.2) is 25.3 Å². The zero-order valence-electron chi connectivity index (χ0n) is 17.5. The van der Waals surface area contributed by atoms with Crippen molar-refractivity contribution in [2.24, 2.45) is 0 Å². The monoisotopic (exact) mass is 434 g/mol. The van der Waals surface area contributed by atoms with E-state index in [9.17, 15) is 14.2 Å². The molecule has 0 saturated carbocycles. The summed E-state index contributed by atoms with van der Waals surface area (Å²) in [6.45, 7) is 9.84. The first-order valence-electron chi connectivity index (χ1n) is 10.1. The van der Waals surface area contributed by atoms with Crippen molar-refractivity contribution in [2.45, 2.75) is 58.3 Å². The van der Waals surface area contributed by atoms with Gasteiger partial charge < -0.3 is 9.47 Å². The molecule has 0 aromatic rings. The number of carbonyl (C=O) groups excluding carboxylic acids is 2. The third-order valence-corrected chi connectivity index (χ3v) is 5.14. The summed E-state index contributed by atoms with van der Waals surface area (Å²) in [6.07, 6.45) is 8.34. The maximum Gasteiger partial charge on any atom is 0.474 e. The van der Waals surface area contributed by atoms with Crippen molar-refractivity contribution in [1.82, 2.24) is 0 Å². The normalized spacial score (nSPS) is 11.1. The van der Waals surface area contributed by atoms with Gasteiger partial charge in [-0.2, -0.15) is 0 Å². The van der Waals surface area contributed by atoms with Crippen LogP contribution in [0.4, 0.5) is 0 Å². The summed E-state index contributed by atoms with van der Waals surface area (Å²) in [5, 5.41) is 0. The number of hydrogen-bond donors (Lipinski definition) is 0. The fourth-order valence-electron chi connectivity index (χ4n) is 2.04. The number of rotatable bonds is 20. The minimum absolute atomic E-state index is 0.162. The number of phosphoric ester groups is 1. The Hall–Kier alpha value is -1.47. The van der Waals surface area contributed by atoms with Crippen LogP contribution in [-0.2, 0) is 37.2 Å². The molecule has 0 aliphatic rings. The van der Waals surface area contributed by atoms with Crippen LogP contribution in [0, 0.1) is 0 Å². The molecule has 0 spiro atoms. The summed E-state index contributed by atoms with van der Waals surface area (Å²) >= 11 is 0. The van der Waals surface area contributed by atoms with Gasteiger partial charge in [0.15, 0.2) is 0 Å². The first-order valence-corrected chi connectivity index (χ1v) is 11.6. The average Bonchev–Trinajstić information content (AvgIpc) is 2.72. The van der Waals surface area contributed by atoms with E-state index in [4.69, 9.17) is 23.0 Å². The fraction of sp³-hybridized carbons (Fsp3) is 0.700. The third-order valence-electron chi connectivity index (χ3n) is 3.65. The van der Waals surface area contributed by atoms with Crippen molar-refractivity contribution in [2.75, 3.05) is 33.0 Å². The summed E-state index contributed by atoms with van der Waals surface area (Å²) in [6, 6.07) is 0. The Balaban J connectivity index is 4.18. The van der Waals surface area contributed by atoms with Gasteiger partial charge in [-0.05, 0) is 32.1 Å². The van der Waals surface area contributed by atoms with Crippen LogP contribution >= 0.6 is 7.82 Å². The van der Waals surface area contributed by atoms with Crippen LogP contribution in [0.25, 0.3) is 0 Å². The van der Waals surface area contributed by atoms with Crippen molar-refractivity contribution in [3.05, 3.63) is 25.3 Å². The van der Waals surface area contributed by atoms with Crippen molar-refractivity contribution < 1.29 is 37.2 Å². The molecule has 0 saturated heterocycles. The summed E-state index contributed by atoms with van der Waals surface area (Å²) in [4.78, 5) is 21.9. The lowest BCUT2D eigenvalue weighted by Gasteiger charge is -2.18. The molecule has 0 rings (SSSR count). The Morgan fingerprint density at radius 1 is 0.690 bits per heavy atom. The van der Waals surface area contributed by atoms with Gasteiger partial charge in [0.1, 0.15) is 0 Å². The molecule has 0 heterocycles. The highest BCUT2D eigenvalue weighted by molar-refractivity contribution is 7.48. The molecule has 0 aromatic heterocycles. The second kappa shape index (κ2) is 18.6. The number of carbonyl (C=O) groups is 2. The second-order valence-electron chi connectivity index (χ2n) is 6.17. The van der Waals surface area contributed by atoms with Crippen LogP contribution in [-0.4, -0.2) is 45.0 Å². The van der Waals surface area contributed by atoms with Crippen molar-refractivity contribution >= 4 is 19.8 Å². The number of esters is 2. The van der Waals surface area contributed by atoms with Crippen LogP contribution in [0.3, 0.4) is 0 Å². The predicted octanol–water partition coefficient (Wildman–Crippen LogP) is 4.74. The Labute approximate surface area is 174 Å². The molecule has 0 aromatic carbocycles. The minimum atomic E-state index is -3.66. The zero-order chi connectivity index (χ0) is 21.8. The quantitative estimate of drug-likeness (QED) is 0.117. The zero-order valence-corrected chi connectivity index (χ0v) is 18.4. The molecule has 0 atom stereocenters. The first-order chi connectivity index (χ1) is 14.0. The smallest absolute Gasteiger partial charge is 0.463 e. The minimum Gasteiger partial charge on any atom is -0.463 e. The molecule has 0 aliphatic carbocycles. The van der Waals surface area contributed by atoms with E-state index in [0.717, 1.165) is 37.8 Å². The molecule has 29 heavy (non-hydrogen) atoms. The molecule has 0 aliphatic heterocycles. The number of hydrogen-bond acceptors (Lipinski definition) is 8. The van der Waals surface area contributed by atoms with Gasteiger partial charge in [0.25, 0.3) is 0 Å². The van der Waals surface area contributed by atoms with Crippen LogP contribution < -0.4 is 0 Å². The van der Waals surface area contributed by atoms with Crippen LogP contribution in [0.1, 0.15) is 58.3 Å². The van der Waals surface area contributed by atoms with E-state index in [2.05, 4.69) is 20.1 Å². The van der Waals surface area contributed by atoms with Gasteiger partial charge in [0.2, 0.25) is 0 Å². The molecule has 9 heteroatoms. The van der Waals surface area contributed by atoms with E-state index in [0.29, 0.717) is 32.3 Å². The first kappa shape index (κ1) is 27.5. The molecule has 168 valence electrons. The summed E-state index contributed by atoms with van der Waals surface area (Å²) in [5.41, 5.74) is 0. The molecule has 0 amide bonds. The molecule has 0 unspecified atom stereocenters. The SMILES string of the molecule is C=CC(=O)OCCCCOP(=O)(OCCCCCC)OCCCCOC(=O)C=C. The number of unbranched alkanes of at least 4 members (excludes halogenated alkanes) is 5. The van der Waals surface area contributed by atoms with E-state index in [1.165, 1.54) is 0 Å². The molecule has 0 N–H and O–H groups in total. The highest BCUT2D eigenvalue weighted by Gasteiger charge is 2.26. The highest BCUT2D eigenvalue weighted by Crippen LogP contribution is 2.49. The predicted molar refractivity (Wildman–Crippen MR) is 110 cm³/mol. The summed E-state index contributed by atoms with van der Waals surface area (Å²) in [7, 11) is -3.66. The summed E-state index contributed by atoms with van der Waals surface area (Å²) < 4.78 is 38.7. The van der Waals surface area contributed by atoms with Gasteiger partial charge in [0.05, 0.1) is 33.0 Å². The number of ether oxygens (including phenoxy) is 2. The lowest BCUT2D eigenvalue weighted by molar-refractivity contribution is -0.138. The third kappa shape index (κ3) is 17.1. The van der Waals surface area contributed by atoms with E-state index in [1.807, 2.05) is 0 Å². The van der Waals surface area contributed by atoms with E-state index in [1.54, 1.807) is 0 Å². The maximum atomic E-state index is 12.8. The van der Waals surface area contributed by atoms with Crippen molar-refractivity contribution in [3.63, 3.8) is 0 Å².